The molecular weight excluding hydrogens is 457 g/mol. The van der Waals surface area contributed by atoms with Crippen LogP contribution < -0.4 is 4.74 Å². The number of carboxylic acids is 1. The van der Waals surface area contributed by atoms with Crippen molar-refractivity contribution < 1.29 is 27.4 Å². The maximum absolute atomic E-state index is 13.4. The van der Waals surface area contributed by atoms with Crippen LogP contribution in [0.3, 0.4) is 0 Å². The van der Waals surface area contributed by atoms with E-state index >= 15 is 0 Å². The van der Waals surface area contributed by atoms with Gasteiger partial charge in [-0.25, -0.2) is 12.8 Å². The van der Waals surface area contributed by atoms with Crippen LogP contribution in [-0.2, 0) is 21.4 Å². The summed E-state index contributed by atoms with van der Waals surface area (Å²) in [7, 11) is -3.80. The number of benzene rings is 3. The molecule has 1 aliphatic rings. The van der Waals surface area contributed by atoms with Crippen LogP contribution in [0.25, 0.3) is 0 Å². The van der Waals surface area contributed by atoms with E-state index in [0.29, 0.717) is 11.3 Å². The standard InChI is InChI=1S/C26H26FNO5S/c1-17-7-8-20(23(14-26(29)30)19-9-11-22(27)12-10-19)13-21(17)16-28-15-18(2)33-24-5-3-4-6-25(24)34(28,31)32/h3-13,18,23H,14-16H2,1-2H3,(H,29,30)/t18-,23?/m1/s1. The largest absolute Gasteiger partial charge is 0.488 e. The summed E-state index contributed by atoms with van der Waals surface area (Å²) in [4.78, 5) is 11.7. The third-order valence-corrected chi connectivity index (χ3v) is 7.88. The van der Waals surface area contributed by atoms with E-state index in [9.17, 15) is 22.7 Å². The van der Waals surface area contributed by atoms with Crippen molar-refractivity contribution in [1.29, 1.82) is 0 Å². The predicted molar refractivity (Wildman–Crippen MR) is 126 cm³/mol. The van der Waals surface area contributed by atoms with Gasteiger partial charge >= 0.3 is 5.97 Å². The lowest BCUT2D eigenvalue weighted by atomic mass is 9.87. The summed E-state index contributed by atoms with van der Waals surface area (Å²) in [6.45, 7) is 4.01. The SMILES string of the molecule is Cc1ccc(C(CC(=O)O)c2ccc(F)cc2)cc1CN1C[C@@H](C)Oc2ccccc2S1(=O)=O. The van der Waals surface area contributed by atoms with Crippen LogP contribution in [0, 0.1) is 12.7 Å². The van der Waals surface area contributed by atoms with Crippen molar-refractivity contribution in [3.8, 4) is 5.75 Å². The molecule has 0 radical (unpaired) electrons. The van der Waals surface area contributed by atoms with E-state index in [1.165, 1.54) is 22.5 Å². The number of fused-ring (bicyclic) bond motifs is 1. The third kappa shape index (κ3) is 4.98. The number of rotatable bonds is 6. The van der Waals surface area contributed by atoms with E-state index in [-0.39, 0.29) is 30.5 Å². The molecule has 1 unspecified atom stereocenters. The van der Waals surface area contributed by atoms with E-state index in [1.807, 2.05) is 32.0 Å². The Morgan fingerprint density at radius 3 is 2.50 bits per heavy atom. The molecule has 0 aromatic heterocycles. The molecule has 0 fully saturated rings. The Labute approximate surface area is 198 Å². The fraction of sp³-hybridized carbons (Fsp3) is 0.269. The Kier molecular flexibility index (Phi) is 6.72. The normalized spacial score (nSPS) is 18.4. The minimum absolute atomic E-state index is 0.118. The molecule has 0 spiro atoms. The van der Waals surface area contributed by atoms with Gasteiger partial charge in [-0.3, -0.25) is 4.79 Å². The van der Waals surface area contributed by atoms with E-state index < -0.39 is 27.7 Å². The highest BCUT2D eigenvalue weighted by molar-refractivity contribution is 7.89. The first-order chi connectivity index (χ1) is 16.1. The monoisotopic (exact) mass is 483 g/mol. The number of para-hydroxylation sites is 1. The van der Waals surface area contributed by atoms with Crippen molar-refractivity contribution in [2.45, 2.75) is 43.7 Å². The number of hydrogen-bond acceptors (Lipinski definition) is 4. The molecule has 1 aliphatic heterocycles. The molecule has 0 bridgehead atoms. The third-order valence-electron chi connectivity index (χ3n) is 6.03. The van der Waals surface area contributed by atoms with Crippen molar-refractivity contribution in [1.82, 2.24) is 4.31 Å². The summed E-state index contributed by atoms with van der Waals surface area (Å²) in [5.41, 5.74) is 3.06. The summed E-state index contributed by atoms with van der Waals surface area (Å²) in [5.74, 6) is -1.54. The molecule has 4 rings (SSSR count). The Hall–Kier alpha value is -3.23. The van der Waals surface area contributed by atoms with Gasteiger partial charge in [-0.2, -0.15) is 4.31 Å². The number of hydrogen-bond donors (Lipinski definition) is 1. The number of nitrogens with zero attached hydrogens (tertiary/aromatic N) is 1. The van der Waals surface area contributed by atoms with Crippen LogP contribution in [0.4, 0.5) is 4.39 Å². The highest BCUT2D eigenvalue weighted by atomic mass is 32.2. The molecule has 3 aromatic rings. The summed E-state index contributed by atoms with van der Waals surface area (Å²) in [5, 5.41) is 9.49. The molecule has 178 valence electrons. The van der Waals surface area contributed by atoms with E-state index in [0.717, 1.165) is 16.7 Å². The molecule has 0 aliphatic carbocycles. The van der Waals surface area contributed by atoms with Crippen LogP contribution in [0.15, 0.2) is 71.6 Å². The van der Waals surface area contributed by atoms with E-state index in [4.69, 9.17) is 4.74 Å². The number of halogens is 1. The minimum Gasteiger partial charge on any atom is -0.488 e. The topological polar surface area (TPSA) is 83.9 Å². The lowest BCUT2D eigenvalue weighted by Gasteiger charge is -2.24. The number of aryl methyl sites for hydroxylation is 1. The zero-order valence-corrected chi connectivity index (χ0v) is 19.8. The summed E-state index contributed by atoms with van der Waals surface area (Å²) >= 11 is 0. The number of sulfonamides is 1. The molecule has 3 aromatic carbocycles. The first kappa shape index (κ1) is 23.9. The molecule has 6 nitrogen and oxygen atoms in total. The molecule has 0 amide bonds. The molecule has 0 saturated heterocycles. The fourth-order valence-corrected chi connectivity index (χ4v) is 5.87. The van der Waals surface area contributed by atoms with Gasteiger partial charge in [-0.05, 0) is 60.4 Å². The summed E-state index contributed by atoms with van der Waals surface area (Å²) in [6, 6.07) is 17.9. The molecular formula is C26H26FNO5S. The molecule has 8 heteroatoms. The second-order valence-electron chi connectivity index (χ2n) is 8.56. The smallest absolute Gasteiger partial charge is 0.304 e. The fourth-order valence-electron chi connectivity index (χ4n) is 4.25. The zero-order valence-electron chi connectivity index (χ0n) is 18.9. The van der Waals surface area contributed by atoms with Gasteiger partial charge < -0.3 is 9.84 Å². The summed E-state index contributed by atoms with van der Waals surface area (Å²) < 4.78 is 47.6. The van der Waals surface area contributed by atoms with Gasteiger partial charge in [0.25, 0.3) is 0 Å². The highest BCUT2D eigenvalue weighted by Gasteiger charge is 2.33. The van der Waals surface area contributed by atoms with Gasteiger partial charge in [0.1, 0.15) is 22.6 Å². The highest BCUT2D eigenvalue weighted by Crippen LogP contribution is 2.34. The van der Waals surface area contributed by atoms with Crippen molar-refractivity contribution in [2.75, 3.05) is 6.54 Å². The van der Waals surface area contributed by atoms with Crippen LogP contribution in [0.1, 0.15) is 41.5 Å². The average molecular weight is 484 g/mol. The lowest BCUT2D eigenvalue weighted by molar-refractivity contribution is -0.137. The molecule has 2 atom stereocenters. The van der Waals surface area contributed by atoms with Gasteiger partial charge in [0, 0.05) is 12.5 Å². The van der Waals surface area contributed by atoms with Gasteiger partial charge in [-0.1, -0.05) is 42.5 Å². The molecule has 1 N–H and O–H groups in total. The van der Waals surface area contributed by atoms with Crippen molar-refractivity contribution >= 4 is 16.0 Å². The average Bonchev–Trinajstić information content (AvgIpc) is 2.88. The summed E-state index contributed by atoms with van der Waals surface area (Å²) in [6.07, 6.45) is -0.519. The van der Waals surface area contributed by atoms with Crippen LogP contribution in [0.2, 0.25) is 0 Å². The minimum atomic E-state index is -3.80. The molecule has 0 saturated carbocycles. The van der Waals surface area contributed by atoms with Crippen molar-refractivity contribution in [2.24, 2.45) is 0 Å². The first-order valence-corrected chi connectivity index (χ1v) is 12.4. The molecule has 1 heterocycles. The van der Waals surface area contributed by atoms with Gasteiger partial charge in [-0.15, -0.1) is 0 Å². The van der Waals surface area contributed by atoms with E-state index in [1.54, 1.807) is 30.3 Å². The second kappa shape index (κ2) is 9.56. The Morgan fingerprint density at radius 1 is 1.12 bits per heavy atom. The van der Waals surface area contributed by atoms with Crippen LogP contribution in [-0.4, -0.2) is 36.4 Å². The predicted octanol–water partition coefficient (Wildman–Crippen LogP) is 4.71. The number of aliphatic carboxylic acids is 1. The van der Waals surface area contributed by atoms with Gasteiger partial charge in [0.2, 0.25) is 10.0 Å². The quantitative estimate of drug-likeness (QED) is 0.549. The van der Waals surface area contributed by atoms with Crippen molar-refractivity contribution in [3.05, 3.63) is 94.8 Å². The molecule has 34 heavy (non-hydrogen) atoms. The second-order valence-corrected chi connectivity index (χ2v) is 10.5. The number of ether oxygens (including phenoxy) is 1. The Bertz CT molecular complexity index is 1310. The van der Waals surface area contributed by atoms with Crippen LogP contribution in [0.5, 0.6) is 5.75 Å². The van der Waals surface area contributed by atoms with Crippen molar-refractivity contribution in [3.63, 3.8) is 0 Å². The maximum atomic E-state index is 13.4. The number of carbonyl (C=O) groups is 1. The van der Waals surface area contributed by atoms with Gasteiger partial charge in [0.15, 0.2) is 0 Å². The van der Waals surface area contributed by atoms with Crippen LogP contribution >= 0.6 is 0 Å². The zero-order chi connectivity index (χ0) is 24.5. The Balaban J connectivity index is 1.72. The van der Waals surface area contributed by atoms with Gasteiger partial charge in [0.05, 0.1) is 13.0 Å². The van der Waals surface area contributed by atoms with E-state index in [2.05, 4.69) is 0 Å². The first-order valence-electron chi connectivity index (χ1n) is 11.0. The Morgan fingerprint density at radius 2 is 1.79 bits per heavy atom. The number of carboxylic acid groups (broad SMARTS) is 1. The lowest BCUT2D eigenvalue weighted by Crippen LogP contribution is -2.35. The maximum Gasteiger partial charge on any atom is 0.304 e.